The summed E-state index contributed by atoms with van der Waals surface area (Å²) >= 11 is 0. The summed E-state index contributed by atoms with van der Waals surface area (Å²) in [6.07, 6.45) is -1.37. The third-order valence-electron chi connectivity index (χ3n) is 5.79. The fourth-order valence-corrected chi connectivity index (χ4v) is 4.23. The molecule has 0 unspecified atom stereocenters. The van der Waals surface area contributed by atoms with Crippen LogP contribution in [0.15, 0.2) is 48.5 Å². The first kappa shape index (κ1) is 21.8. The molecule has 1 fully saturated rings. The van der Waals surface area contributed by atoms with Crippen LogP contribution in [0.3, 0.4) is 0 Å². The number of benzene rings is 2. The van der Waals surface area contributed by atoms with Crippen LogP contribution in [0.5, 0.6) is 0 Å². The maximum absolute atomic E-state index is 12.5. The van der Waals surface area contributed by atoms with Gasteiger partial charge in [0, 0.05) is 12.5 Å². The zero-order valence-electron chi connectivity index (χ0n) is 17.2. The number of hydrogen-bond acceptors (Lipinski definition) is 6. The number of carboxylic acids is 1. The molecule has 0 bridgehead atoms. The van der Waals surface area contributed by atoms with Crippen molar-refractivity contribution >= 4 is 18.0 Å². The number of rotatable bonds is 7. The van der Waals surface area contributed by atoms with E-state index in [1.165, 1.54) is 0 Å². The van der Waals surface area contributed by atoms with Crippen molar-refractivity contribution in [2.24, 2.45) is 0 Å². The molecule has 0 spiro atoms. The van der Waals surface area contributed by atoms with Gasteiger partial charge in [-0.1, -0.05) is 48.5 Å². The highest BCUT2D eigenvalue weighted by Gasteiger charge is 2.37. The lowest BCUT2D eigenvalue weighted by molar-refractivity contribution is -0.145. The first-order valence-corrected chi connectivity index (χ1v) is 10.4. The lowest BCUT2D eigenvalue weighted by Crippen LogP contribution is -2.53. The Bertz CT molecular complexity index is 979. The van der Waals surface area contributed by atoms with Gasteiger partial charge < -0.3 is 30.3 Å². The number of nitrogens with one attached hydrogen (secondary N) is 2. The molecular formula is C23H24N2O7. The van der Waals surface area contributed by atoms with Crippen LogP contribution < -0.4 is 10.6 Å². The van der Waals surface area contributed by atoms with Crippen LogP contribution in [-0.2, 0) is 19.1 Å². The van der Waals surface area contributed by atoms with Crippen LogP contribution in [0, 0.1) is 0 Å². The molecule has 2 aliphatic rings. The zero-order valence-corrected chi connectivity index (χ0v) is 17.2. The molecule has 4 N–H and O–H groups in total. The monoisotopic (exact) mass is 440 g/mol. The van der Waals surface area contributed by atoms with Gasteiger partial charge in [-0.2, -0.15) is 0 Å². The quantitative estimate of drug-likeness (QED) is 0.509. The largest absolute Gasteiger partial charge is 0.480 e. The molecule has 0 aromatic heterocycles. The number of aliphatic hydroxyl groups is 1. The van der Waals surface area contributed by atoms with Gasteiger partial charge in [-0.15, -0.1) is 0 Å². The van der Waals surface area contributed by atoms with E-state index < -0.39 is 42.8 Å². The van der Waals surface area contributed by atoms with Crippen molar-refractivity contribution in [2.75, 3.05) is 19.8 Å². The molecule has 0 saturated carbocycles. The number of carbonyl (C=O) groups is 3. The molecule has 1 saturated heterocycles. The average molecular weight is 440 g/mol. The van der Waals surface area contributed by atoms with Gasteiger partial charge in [-0.25, -0.2) is 9.59 Å². The lowest BCUT2D eigenvalue weighted by atomic mass is 9.98. The van der Waals surface area contributed by atoms with Gasteiger partial charge in [0.1, 0.15) is 12.6 Å². The highest BCUT2D eigenvalue weighted by Crippen LogP contribution is 2.44. The summed E-state index contributed by atoms with van der Waals surface area (Å²) < 4.78 is 10.9. The summed E-state index contributed by atoms with van der Waals surface area (Å²) in [6, 6.07) is 13.9. The number of aliphatic carboxylic acids is 1. The van der Waals surface area contributed by atoms with Crippen molar-refractivity contribution in [2.45, 2.75) is 30.5 Å². The topological polar surface area (TPSA) is 134 Å². The average Bonchev–Trinajstić information content (AvgIpc) is 3.38. The molecule has 9 heteroatoms. The minimum absolute atomic E-state index is 0.0899. The van der Waals surface area contributed by atoms with E-state index in [1.807, 2.05) is 48.5 Å². The van der Waals surface area contributed by atoms with Crippen LogP contribution in [0.2, 0.25) is 0 Å². The van der Waals surface area contributed by atoms with Crippen molar-refractivity contribution < 1.29 is 34.1 Å². The number of hydrogen-bond donors (Lipinski definition) is 4. The van der Waals surface area contributed by atoms with E-state index in [-0.39, 0.29) is 19.1 Å². The minimum Gasteiger partial charge on any atom is -0.480 e. The van der Waals surface area contributed by atoms with Gasteiger partial charge in [-0.05, 0) is 28.7 Å². The zero-order chi connectivity index (χ0) is 22.7. The Balaban J connectivity index is 1.37. The summed E-state index contributed by atoms with van der Waals surface area (Å²) in [4.78, 5) is 35.9. The molecule has 4 rings (SSSR count). The molecule has 1 heterocycles. The first-order chi connectivity index (χ1) is 15.5. The molecule has 9 nitrogen and oxygen atoms in total. The smallest absolute Gasteiger partial charge is 0.407 e. The third-order valence-corrected chi connectivity index (χ3v) is 5.79. The van der Waals surface area contributed by atoms with Crippen LogP contribution in [0.4, 0.5) is 4.79 Å². The summed E-state index contributed by atoms with van der Waals surface area (Å²) in [5.41, 5.74) is 4.42. The molecule has 2 aromatic rings. The standard InChI is InChI=1S/C23H24N2O7/c26-11-19(22(28)29)24-21(27)20-18(9-10-31-20)25-23(30)32-12-17-15-7-3-1-5-13(15)14-6-2-4-8-16(14)17/h1-8,17-20,26H,9-12H2,(H,24,27)(H,25,30)(H,28,29)/t18-,19+,20+/m1/s1. The number of ether oxygens (including phenoxy) is 2. The number of carbonyl (C=O) groups excluding carboxylic acids is 2. The van der Waals surface area contributed by atoms with Gasteiger partial charge in [0.25, 0.3) is 5.91 Å². The molecule has 2 amide bonds. The predicted molar refractivity (Wildman–Crippen MR) is 113 cm³/mol. The Hall–Kier alpha value is -3.43. The highest BCUT2D eigenvalue weighted by atomic mass is 16.6. The first-order valence-electron chi connectivity index (χ1n) is 10.4. The summed E-state index contributed by atoms with van der Waals surface area (Å²) in [5.74, 6) is -2.17. The second-order valence-electron chi connectivity index (χ2n) is 7.74. The number of alkyl carbamates (subject to hydrolysis) is 1. The molecule has 1 aliphatic carbocycles. The maximum Gasteiger partial charge on any atom is 0.407 e. The van der Waals surface area contributed by atoms with Crippen LogP contribution in [0.25, 0.3) is 11.1 Å². The second kappa shape index (κ2) is 9.37. The molecule has 1 aliphatic heterocycles. The Morgan fingerprint density at radius 3 is 2.28 bits per heavy atom. The van der Waals surface area contributed by atoms with Crippen molar-refractivity contribution in [3.05, 3.63) is 59.7 Å². The Kier molecular flexibility index (Phi) is 6.38. The van der Waals surface area contributed by atoms with Gasteiger partial charge in [0.15, 0.2) is 6.10 Å². The minimum atomic E-state index is -1.44. The molecule has 3 atom stereocenters. The van der Waals surface area contributed by atoms with Crippen molar-refractivity contribution in [3.8, 4) is 11.1 Å². The molecular weight excluding hydrogens is 416 g/mol. The van der Waals surface area contributed by atoms with E-state index in [2.05, 4.69) is 10.6 Å². The normalized spacial score (nSPS) is 20.2. The summed E-state index contributed by atoms with van der Waals surface area (Å²) in [6.45, 7) is -0.391. The van der Waals surface area contributed by atoms with Crippen molar-refractivity contribution in [3.63, 3.8) is 0 Å². The van der Waals surface area contributed by atoms with Crippen LogP contribution in [0.1, 0.15) is 23.5 Å². The molecule has 168 valence electrons. The van der Waals surface area contributed by atoms with Gasteiger partial charge in [0.05, 0.1) is 12.6 Å². The van der Waals surface area contributed by atoms with Crippen LogP contribution >= 0.6 is 0 Å². The van der Waals surface area contributed by atoms with E-state index in [0.29, 0.717) is 6.42 Å². The molecule has 32 heavy (non-hydrogen) atoms. The third kappa shape index (κ3) is 4.30. The van der Waals surface area contributed by atoms with E-state index in [1.54, 1.807) is 0 Å². The number of aliphatic hydroxyl groups excluding tert-OH is 1. The molecule has 2 aromatic carbocycles. The van der Waals surface area contributed by atoms with Crippen molar-refractivity contribution in [1.82, 2.24) is 10.6 Å². The fraction of sp³-hybridized carbons (Fsp3) is 0.348. The summed E-state index contributed by atoms with van der Waals surface area (Å²) in [7, 11) is 0. The number of carboxylic acid groups (broad SMARTS) is 1. The fourth-order valence-electron chi connectivity index (χ4n) is 4.23. The predicted octanol–water partition coefficient (Wildman–Crippen LogP) is 1.24. The Morgan fingerprint density at radius 1 is 1.06 bits per heavy atom. The maximum atomic E-state index is 12.5. The van der Waals surface area contributed by atoms with Gasteiger partial charge in [-0.3, -0.25) is 4.79 Å². The van der Waals surface area contributed by atoms with E-state index in [0.717, 1.165) is 22.3 Å². The lowest BCUT2D eigenvalue weighted by Gasteiger charge is -2.21. The molecule has 0 radical (unpaired) electrons. The summed E-state index contributed by atoms with van der Waals surface area (Å²) in [5, 5.41) is 22.9. The van der Waals surface area contributed by atoms with E-state index in [9.17, 15) is 14.4 Å². The van der Waals surface area contributed by atoms with Gasteiger partial charge >= 0.3 is 12.1 Å². The highest BCUT2D eigenvalue weighted by molar-refractivity contribution is 5.87. The van der Waals surface area contributed by atoms with Crippen molar-refractivity contribution in [1.29, 1.82) is 0 Å². The Labute approximate surface area is 184 Å². The van der Waals surface area contributed by atoms with Gasteiger partial charge in [0.2, 0.25) is 0 Å². The second-order valence-corrected chi connectivity index (χ2v) is 7.74. The van der Waals surface area contributed by atoms with Crippen LogP contribution in [-0.4, -0.2) is 66.2 Å². The van der Waals surface area contributed by atoms with E-state index in [4.69, 9.17) is 19.7 Å². The Morgan fingerprint density at radius 2 is 1.69 bits per heavy atom. The number of fused-ring (bicyclic) bond motifs is 3. The SMILES string of the molecule is O=C(N[C@@H]1CCO[C@@H]1C(=O)N[C@@H](CO)C(=O)O)OCC1c2ccccc2-c2ccccc21. The van der Waals surface area contributed by atoms with E-state index >= 15 is 0 Å². The number of amides is 2.